The van der Waals surface area contributed by atoms with E-state index in [1.54, 1.807) is 4.52 Å². The summed E-state index contributed by atoms with van der Waals surface area (Å²) in [5.41, 5.74) is 1.94. The van der Waals surface area contributed by atoms with E-state index in [0.717, 1.165) is 5.69 Å². The molecule has 0 aliphatic rings. The number of nitrogens with one attached hydrogen (secondary N) is 1. The molecule has 0 saturated carbocycles. The van der Waals surface area contributed by atoms with E-state index in [2.05, 4.69) is 71.2 Å². The molecule has 0 aliphatic carbocycles. The Bertz CT molecular complexity index is 1210. The number of rotatable bonds is 3. The molecule has 0 aliphatic heterocycles. The first-order valence-corrected chi connectivity index (χ1v) is 8.34. The molecule has 28 heavy (non-hydrogen) atoms. The van der Waals surface area contributed by atoms with Crippen molar-refractivity contribution in [3.63, 3.8) is 0 Å². The van der Waals surface area contributed by atoms with Crippen LogP contribution in [0.5, 0.6) is 0 Å². The molecule has 12 heteroatoms. The van der Waals surface area contributed by atoms with Gasteiger partial charge in [-0.2, -0.15) is 19.7 Å². The monoisotopic (exact) mass is 376 g/mol. The molecule has 0 aromatic carbocycles. The standard InChI is InChI=1S/C16H16N12/c1-9-22-25-14-11(12(16(2,3)4)26-27(9)14)23-24-13-10(17-5)6-21-28(13)15-19-7-18-8-20-15/h6-8,26H,1-4H3. The molecule has 0 saturated heterocycles. The van der Waals surface area contributed by atoms with Crippen LogP contribution in [0.2, 0.25) is 0 Å². The molecule has 0 unspecified atom stereocenters. The van der Waals surface area contributed by atoms with E-state index in [0.29, 0.717) is 17.2 Å². The van der Waals surface area contributed by atoms with E-state index in [1.807, 2.05) is 6.92 Å². The Labute approximate surface area is 159 Å². The van der Waals surface area contributed by atoms with Gasteiger partial charge in [0.1, 0.15) is 18.5 Å². The van der Waals surface area contributed by atoms with Gasteiger partial charge in [0, 0.05) is 5.41 Å². The number of fused-ring (bicyclic) bond motifs is 1. The van der Waals surface area contributed by atoms with Gasteiger partial charge in [0.2, 0.25) is 5.65 Å². The van der Waals surface area contributed by atoms with Gasteiger partial charge in [0.05, 0.1) is 18.5 Å². The van der Waals surface area contributed by atoms with Gasteiger partial charge in [-0.05, 0) is 6.92 Å². The Morgan fingerprint density at radius 3 is 2.57 bits per heavy atom. The molecule has 4 rings (SSSR count). The molecular formula is C16H16N12. The van der Waals surface area contributed by atoms with Crippen molar-refractivity contribution in [2.45, 2.75) is 33.1 Å². The maximum Gasteiger partial charge on any atom is 0.254 e. The van der Waals surface area contributed by atoms with Gasteiger partial charge in [0.25, 0.3) is 11.6 Å². The van der Waals surface area contributed by atoms with E-state index in [1.165, 1.54) is 23.5 Å². The summed E-state index contributed by atoms with van der Waals surface area (Å²) in [4.78, 5) is 15.4. The second-order valence-electron chi connectivity index (χ2n) is 7.01. The summed E-state index contributed by atoms with van der Waals surface area (Å²) in [7, 11) is 0. The van der Waals surface area contributed by atoms with Crippen LogP contribution in [0, 0.1) is 13.5 Å². The van der Waals surface area contributed by atoms with E-state index < -0.39 is 0 Å². The zero-order chi connectivity index (χ0) is 19.9. The number of aromatic nitrogens is 9. The summed E-state index contributed by atoms with van der Waals surface area (Å²) in [5.74, 6) is 1.17. The van der Waals surface area contributed by atoms with Crippen LogP contribution < -0.4 is 0 Å². The van der Waals surface area contributed by atoms with Gasteiger partial charge < -0.3 is 0 Å². The van der Waals surface area contributed by atoms with Gasteiger partial charge in [-0.3, -0.25) is 5.10 Å². The fraction of sp³-hybridized carbons (Fsp3) is 0.312. The van der Waals surface area contributed by atoms with Gasteiger partial charge >= 0.3 is 0 Å². The Hall–Kier alpha value is -4.01. The van der Waals surface area contributed by atoms with Gasteiger partial charge in [-0.1, -0.05) is 20.8 Å². The molecule has 4 heterocycles. The van der Waals surface area contributed by atoms with E-state index in [-0.39, 0.29) is 22.9 Å². The zero-order valence-corrected chi connectivity index (χ0v) is 15.7. The lowest BCUT2D eigenvalue weighted by molar-refractivity contribution is 0.561. The Balaban J connectivity index is 1.87. The molecule has 0 radical (unpaired) electrons. The minimum atomic E-state index is -0.238. The lowest BCUT2D eigenvalue weighted by Gasteiger charge is -2.16. The van der Waals surface area contributed by atoms with Crippen LogP contribution in [0.3, 0.4) is 0 Å². The first-order chi connectivity index (χ1) is 13.4. The zero-order valence-electron chi connectivity index (χ0n) is 15.7. The van der Waals surface area contributed by atoms with Crippen LogP contribution in [0.4, 0.5) is 17.2 Å². The summed E-state index contributed by atoms with van der Waals surface area (Å²) < 4.78 is 3.10. The number of aryl methyl sites for hydroxylation is 1. The highest BCUT2D eigenvalue weighted by atomic mass is 15.4. The number of hydrogen-bond acceptors (Lipinski definition) is 8. The van der Waals surface area contributed by atoms with Crippen LogP contribution in [-0.2, 0) is 5.41 Å². The van der Waals surface area contributed by atoms with Crippen molar-refractivity contribution in [3.05, 3.63) is 41.8 Å². The molecule has 140 valence electrons. The molecule has 12 nitrogen and oxygen atoms in total. The van der Waals surface area contributed by atoms with Crippen LogP contribution in [0.15, 0.2) is 29.1 Å². The molecule has 0 bridgehead atoms. The number of hydrogen-bond donors (Lipinski definition) is 1. The first kappa shape index (κ1) is 17.4. The highest BCUT2D eigenvalue weighted by Crippen LogP contribution is 2.36. The average Bonchev–Trinajstić information content (AvgIpc) is 3.35. The number of aromatic amines is 1. The number of nitrogens with zero attached hydrogens (tertiary/aromatic N) is 11. The molecule has 0 amide bonds. The van der Waals surface area contributed by atoms with E-state index in [9.17, 15) is 0 Å². The van der Waals surface area contributed by atoms with Gasteiger partial charge in [-0.15, -0.1) is 20.4 Å². The Morgan fingerprint density at radius 1 is 1.14 bits per heavy atom. The van der Waals surface area contributed by atoms with Crippen molar-refractivity contribution in [3.8, 4) is 5.95 Å². The maximum absolute atomic E-state index is 7.37. The van der Waals surface area contributed by atoms with Crippen molar-refractivity contribution < 1.29 is 0 Å². The molecule has 0 atom stereocenters. The summed E-state index contributed by atoms with van der Waals surface area (Å²) in [5, 5.41) is 24.4. The van der Waals surface area contributed by atoms with Gasteiger partial charge in [0.15, 0.2) is 11.5 Å². The minimum absolute atomic E-state index is 0.219. The predicted molar refractivity (Wildman–Crippen MR) is 98.2 cm³/mol. The van der Waals surface area contributed by atoms with Crippen LogP contribution in [-0.4, -0.2) is 44.5 Å². The normalized spacial score (nSPS) is 12.1. The predicted octanol–water partition coefficient (Wildman–Crippen LogP) is 3.00. The molecular weight excluding hydrogens is 360 g/mol. The van der Waals surface area contributed by atoms with Crippen LogP contribution >= 0.6 is 0 Å². The molecule has 4 aromatic heterocycles. The second-order valence-corrected chi connectivity index (χ2v) is 7.01. The molecule has 0 fully saturated rings. The van der Waals surface area contributed by atoms with E-state index >= 15 is 0 Å². The largest absolute Gasteiger partial charge is 0.292 e. The summed E-state index contributed by atoms with van der Waals surface area (Å²) in [6.45, 7) is 15.4. The van der Waals surface area contributed by atoms with Crippen LogP contribution in [0.25, 0.3) is 16.4 Å². The number of azo groups is 1. The second kappa shape index (κ2) is 6.31. The third-order valence-corrected chi connectivity index (χ3v) is 4.01. The van der Waals surface area contributed by atoms with E-state index in [4.69, 9.17) is 6.57 Å². The fourth-order valence-electron chi connectivity index (χ4n) is 2.64. The molecule has 1 N–H and O–H groups in total. The topological polar surface area (TPSA) is 132 Å². The third kappa shape index (κ3) is 2.78. The van der Waals surface area contributed by atoms with Crippen molar-refractivity contribution in [2.24, 2.45) is 10.2 Å². The maximum atomic E-state index is 7.37. The van der Waals surface area contributed by atoms with Crippen LogP contribution in [0.1, 0.15) is 32.3 Å². The SMILES string of the molecule is [C-]#[N+]c1cnn(-c2ncncn2)c1N=Nc1c(C(C)(C)C)[nH]n2c(C)nnc12. The first-order valence-electron chi connectivity index (χ1n) is 8.34. The fourth-order valence-corrected chi connectivity index (χ4v) is 2.64. The lowest BCUT2D eigenvalue weighted by Crippen LogP contribution is -2.12. The highest BCUT2D eigenvalue weighted by Gasteiger charge is 2.25. The lowest BCUT2D eigenvalue weighted by atomic mass is 9.91. The average molecular weight is 376 g/mol. The minimum Gasteiger partial charge on any atom is -0.292 e. The summed E-state index contributed by atoms with van der Waals surface area (Å²) >= 11 is 0. The van der Waals surface area contributed by atoms with Crippen molar-refractivity contribution in [2.75, 3.05) is 0 Å². The van der Waals surface area contributed by atoms with Gasteiger partial charge in [-0.25, -0.2) is 14.3 Å². The van der Waals surface area contributed by atoms with Crippen molar-refractivity contribution in [1.29, 1.82) is 0 Å². The number of H-pyrrole nitrogens is 1. The quantitative estimate of drug-likeness (QED) is 0.432. The summed E-state index contributed by atoms with van der Waals surface area (Å²) in [6, 6.07) is 0. The Morgan fingerprint density at radius 2 is 1.89 bits per heavy atom. The highest BCUT2D eigenvalue weighted by molar-refractivity contribution is 5.69. The smallest absolute Gasteiger partial charge is 0.254 e. The molecule has 0 spiro atoms. The third-order valence-electron chi connectivity index (χ3n) is 4.01. The van der Waals surface area contributed by atoms with Crippen molar-refractivity contribution in [1.82, 2.24) is 44.5 Å². The Kier molecular flexibility index (Phi) is 3.92. The molecule has 4 aromatic rings. The van der Waals surface area contributed by atoms with Crippen molar-refractivity contribution >= 4 is 22.8 Å². The summed E-state index contributed by atoms with van der Waals surface area (Å²) in [6.07, 6.45) is 4.08.